The van der Waals surface area contributed by atoms with Gasteiger partial charge in [-0.05, 0) is 42.9 Å². The van der Waals surface area contributed by atoms with E-state index in [9.17, 15) is 0 Å². The number of rotatable bonds is 10. The second kappa shape index (κ2) is 9.95. The molecule has 0 amide bonds. The molecule has 1 aromatic rings. The van der Waals surface area contributed by atoms with Gasteiger partial charge in [0.05, 0.1) is 6.61 Å². The van der Waals surface area contributed by atoms with Gasteiger partial charge in [0.2, 0.25) is 0 Å². The van der Waals surface area contributed by atoms with Crippen LogP contribution >= 0.6 is 0 Å². The minimum atomic E-state index is 0.423. The van der Waals surface area contributed by atoms with Crippen molar-refractivity contribution >= 4 is 0 Å². The molecule has 0 fully saturated rings. The van der Waals surface area contributed by atoms with Crippen molar-refractivity contribution in [2.45, 2.75) is 58.9 Å². The monoisotopic (exact) mass is 277 g/mol. The first-order valence-electron chi connectivity index (χ1n) is 8.07. The van der Waals surface area contributed by atoms with Crippen molar-refractivity contribution in [2.75, 3.05) is 19.8 Å². The lowest BCUT2D eigenvalue weighted by Crippen LogP contribution is -2.36. The predicted octanol–water partition coefficient (Wildman–Crippen LogP) is 4.15. The fourth-order valence-corrected chi connectivity index (χ4v) is 2.23. The molecule has 0 saturated carbocycles. The highest BCUT2D eigenvalue weighted by Crippen LogP contribution is 2.15. The van der Waals surface area contributed by atoms with Gasteiger partial charge >= 0.3 is 0 Å². The maximum Gasteiger partial charge on any atom is 0.0622 e. The summed E-state index contributed by atoms with van der Waals surface area (Å²) in [4.78, 5) is 0. The summed E-state index contributed by atoms with van der Waals surface area (Å²) in [6.45, 7) is 11.5. The van der Waals surface area contributed by atoms with Gasteiger partial charge in [-0.2, -0.15) is 0 Å². The van der Waals surface area contributed by atoms with Crippen molar-refractivity contribution in [1.82, 2.24) is 5.32 Å². The molecular formula is C18H31NO. The van der Waals surface area contributed by atoms with Gasteiger partial charge in [-0.25, -0.2) is 0 Å². The number of hydrogen-bond acceptors (Lipinski definition) is 2. The Bertz CT molecular complexity index is 345. The zero-order valence-electron chi connectivity index (χ0n) is 13.6. The molecule has 0 aliphatic carbocycles. The van der Waals surface area contributed by atoms with E-state index in [2.05, 4.69) is 57.3 Å². The summed E-state index contributed by atoms with van der Waals surface area (Å²) < 4.78 is 5.71. The molecule has 1 atom stereocenters. The fourth-order valence-electron chi connectivity index (χ4n) is 2.23. The molecule has 0 spiro atoms. The highest BCUT2D eigenvalue weighted by atomic mass is 16.5. The Labute approximate surface area is 124 Å². The standard InChI is InChI=1S/C18H31NO/c1-5-11-19-18(14-20-12-6-2)13-16-7-9-17(10-8-16)15(3)4/h7-10,15,18-19H,5-6,11-14H2,1-4H3. The van der Waals surface area contributed by atoms with Crippen LogP contribution < -0.4 is 5.32 Å². The highest BCUT2D eigenvalue weighted by molar-refractivity contribution is 5.25. The normalized spacial score (nSPS) is 12.8. The second-order valence-corrected chi connectivity index (χ2v) is 5.83. The van der Waals surface area contributed by atoms with Crippen LogP contribution in [-0.2, 0) is 11.2 Å². The average Bonchev–Trinajstić information content (AvgIpc) is 2.45. The van der Waals surface area contributed by atoms with Gasteiger partial charge in [0.15, 0.2) is 0 Å². The van der Waals surface area contributed by atoms with Gasteiger partial charge in [-0.1, -0.05) is 52.0 Å². The van der Waals surface area contributed by atoms with Crippen LogP contribution in [0.4, 0.5) is 0 Å². The van der Waals surface area contributed by atoms with E-state index in [-0.39, 0.29) is 0 Å². The van der Waals surface area contributed by atoms with Gasteiger partial charge in [0.25, 0.3) is 0 Å². The van der Waals surface area contributed by atoms with Crippen LogP contribution in [0.25, 0.3) is 0 Å². The van der Waals surface area contributed by atoms with E-state index in [0.29, 0.717) is 12.0 Å². The molecule has 0 aromatic heterocycles. The van der Waals surface area contributed by atoms with Crippen molar-refractivity contribution < 1.29 is 4.74 Å². The third-order valence-electron chi connectivity index (χ3n) is 3.48. The van der Waals surface area contributed by atoms with Crippen LogP contribution in [0.5, 0.6) is 0 Å². The minimum Gasteiger partial charge on any atom is -0.380 e. The van der Waals surface area contributed by atoms with E-state index in [4.69, 9.17) is 4.74 Å². The van der Waals surface area contributed by atoms with Crippen molar-refractivity contribution in [1.29, 1.82) is 0 Å². The fraction of sp³-hybridized carbons (Fsp3) is 0.667. The van der Waals surface area contributed by atoms with E-state index in [0.717, 1.165) is 39.0 Å². The smallest absolute Gasteiger partial charge is 0.0622 e. The number of ether oxygens (including phenoxy) is 1. The van der Waals surface area contributed by atoms with E-state index in [1.165, 1.54) is 11.1 Å². The van der Waals surface area contributed by atoms with Gasteiger partial charge in [0.1, 0.15) is 0 Å². The zero-order valence-corrected chi connectivity index (χ0v) is 13.6. The molecular weight excluding hydrogens is 246 g/mol. The van der Waals surface area contributed by atoms with Crippen LogP contribution in [0.3, 0.4) is 0 Å². The van der Waals surface area contributed by atoms with Crippen molar-refractivity contribution in [2.24, 2.45) is 0 Å². The summed E-state index contributed by atoms with van der Waals surface area (Å²) >= 11 is 0. The summed E-state index contributed by atoms with van der Waals surface area (Å²) in [6.07, 6.45) is 3.29. The molecule has 1 rings (SSSR count). The molecule has 1 unspecified atom stereocenters. The summed E-state index contributed by atoms with van der Waals surface area (Å²) in [7, 11) is 0. The lowest BCUT2D eigenvalue weighted by atomic mass is 9.99. The number of hydrogen-bond donors (Lipinski definition) is 1. The number of benzene rings is 1. The quantitative estimate of drug-likeness (QED) is 0.649. The van der Waals surface area contributed by atoms with Crippen molar-refractivity contribution in [3.05, 3.63) is 35.4 Å². The Morgan fingerprint density at radius 1 is 1.05 bits per heavy atom. The Morgan fingerprint density at radius 2 is 1.75 bits per heavy atom. The molecule has 0 radical (unpaired) electrons. The third kappa shape index (κ3) is 6.53. The summed E-state index contributed by atoms with van der Waals surface area (Å²) in [5.74, 6) is 0.603. The van der Waals surface area contributed by atoms with Gasteiger partial charge < -0.3 is 10.1 Å². The Morgan fingerprint density at radius 3 is 2.30 bits per heavy atom. The van der Waals surface area contributed by atoms with Crippen LogP contribution in [0, 0.1) is 0 Å². The molecule has 20 heavy (non-hydrogen) atoms. The topological polar surface area (TPSA) is 21.3 Å². The minimum absolute atomic E-state index is 0.423. The molecule has 0 aliphatic heterocycles. The molecule has 0 saturated heterocycles. The van der Waals surface area contributed by atoms with Gasteiger partial charge in [-0.3, -0.25) is 0 Å². The summed E-state index contributed by atoms with van der Waals surface area (Å²) in [5.41, 5.74) is 2.80. The first-order valence-corrected chi connectivity index (χ1v) is 8.07. The zero-order chi connectivity index (χ0) is 14.8. The van der Waals surface area contributed by atoms with Crippen LogP contribution in [0.2, 0.25) is 0 Å². The molecule has 1 N–H and O–H groups in total. The largest absolute Gasteiger partial charge is 0.380 e. The Kier molecular flexibility index (Phi) is 8.56. The first-order chi connectivity index (χ1) is 9.67. The molecule has 114 valence electrons. The van der Waals surface area contributed by atoms with E-state index < -0.39 is 0 Å². The lowest BCUT2D eigenvalue weighted by molar-refractivity contribution is 0.112. The molecule has 1 aromatic carbocycles. The second-order valence-electron chi connectivity index (χ2n) is 5.83. The third-order valence-corrected chi connectivity index (χ3v) is 3.48. The van der Waals surface area contributed by atoms with Gasteiger partial charge in [0, 0.05) is 12.6 Å². The summed E-state index contributed by atoms with van der Waals surface area (Å²) in [5, 5.41) is 3.59. The summed E-state index contributed by atoms with van der Waals surface area (Å²) in [6, 6.07) is 9.45. The molecule has 0 heterocycles. The predicted molar refractivity (Wildman–Crippen MR) is 87.4 cm³/mol. The maximum absolute atomic E-state index is 5.71. The van der Waals surface area contributed by atoms with E-state index in [1.54, 1.807) is 0 Å². The van der Waals surface area contributed by atoms with E-state index in [1.807, 2.05) is 0 Å². The van der Waals surface area contributed by atoms with E-state index >= 15 is 0 Å². The van der Waals surface area contributed by atoms with Gasteiger partial charge in [-0.15, -0.1) is 0 Å². The number of nitrogens with one attached hydrogen (secondary N) is 1. The van der Waals surface area contributed by atoms with Crippen LogP contribution in [-0.4, -0.2) is 25.8 Å². The first kappa shape index (κ1) is 17.2. The molecule has 2 heteroatoms. The van der Waals surface area contributed by atoms with Crippen molar-refractivity contribution in [3.8, 4) is 0 Å². The molecule has 2 nitrogen and oxygen atoms in total. The van der Waals surface area contributed by atoms with Crippen molar-refractivity contribution in [3.63, 3.8) is 0 Å². The SMILES string of the molecule is CCCNC(COCCC)Cc1ccc(C(C)C)cc1. The Balaban J connectivity index is 2.53. The van der Waals surface area contributed by atoms with Crippen LogP contribution in [0.1, 0.15) is 57.6 Å². The highest BCUT2D eigenvalue weighted by Gasteiger charge is 2.09. The Hall–Kier alpha value is -0.860. The molecule has 0 bridgehead atoms. The maximum atomic E-state index is 5.71. The molecule has 0 aliphatic rings. The average molecular weight is 277 g/mol. The lowest BCUT2D eigenvalue weighted by Gasteiger charge is -2.19. The van der Waals surface area contributed by atoms with Crippen LogP contribution in [0.15, 0.2) is 24.3 Å².